The Labute approximate surface area is 171 Å². The van der Waals surface area contributed by atoms with Crippen LogP contribution in [-0.4, -0.2) is 38.5 Å². The number of aliphatic imine (C=N–C) groups is 1. The van der Waals surface area contributed by atoms with E-state index in [-0.39, 0.29) is 9.64 Å². The maximum absolute atomic E-state index is 11.4. The number of sulfonamides is 1. The molecule has 28 heavy (non-hydrogen) atoms. The highest BCUT2D eigenvalue weighted by molar-refractivity contribution is 7.99. The SMILES string of the molecule is CSC(C)(C)CNC(=NCc1ccc(S(N)(=O)=O)cc1)NCCc1ccco1. The average Bonchev–Trinajstić information content (AvgIpc) is 3.16. The van der Waals surface area contributed by atoms with Crippen molar-refractivity contribution in [1.29, 1.82) is 0 Å². The summed E-state index contributed by atoms with van der Waals surface area (Å²) >= 11 is 1.78. The topological polar surface area (TPSA) is 110 Å². The fraction of sp³-hybridized carbons (Fsp3) is 0.421. The van der Waals surface area contributed by atoms with Crippen molar-refractivity contribution < 1.29 is 12.8 Å². The van der Waals surface area contributed by atoms with Gasteiger partial charge < -0.3 is 15.1 Å². The summed E-state index contributed by atoms with van der Waals surface area (Å²) in [4.78, 5) is 4.71. The summed E-state index contributed by atoms with van der Waals surface area (Å²) in [7, 11) is -3.68. The van der Waals surface area contributed by atoms with E-state index in [0.717, 1.165) is 24.3 Å². The second-order valence-corrected chi connectivity index (χ2v) is 10.0. The summed E-state index contributed by atoms with van der Waals surface area (Å²) in [6.45, 7) is 6.18. The van der Waals surface area contributed by atoms with Gasteiger partial charge in [-0.1, -0.05) is 12.1 Å². The zero-order valence-electron chi connectivity index (χ0n) is 16.4. The molecule has 0 radical (unpaired) electrons. The Morgan fingerprint density at radius 2 is 1.93 bits per heavy atom. The van der Waals surface area contributed by atoms with Crippen LogP contribution in [0.25, 0.3) is 0 Å². The lowest BCUT2D eigenvalue weighted by atomic mass is 10.2. The summed E-state index contributed by atoms with van der Waals surface area (Å²) in [5, 5.41) is 11.8. The fourth-order valence-corrected chi connectivity index (χ4v) is 2.99. The third-order valence-electron chi connectivity index (χ3n) is 4.15. The van der Waals surface area contributed by atoms with Crippen LogP contribution in [0.3, 0.4) is 0 Å². The van der Waals surface area contributed by atoms with E-state index < -0.39 is 10.0 Å². The molecular weight excluding hydrogens is 396 g/mol. The molecule has 0 bridgehead atoms. The van der Waals surface area contributed by atoms with Crippen molar-refractivity contribution in [2.24, 2.45) is 10.1 Å². The maximum Gasteiger partial charge on any atom is 0.238 e. The lowest BCUT2D eigenvalue weighted by molar-refractivity contribution is 0.506. The first-order chi connectivity index (χ1) is 13.2. The zero-order chi connectivity index (χ0) is 20.6. The van der Waals surface area contributed by atoms with Crippen LogP contribution >= 0.6 is 11.8 Å². The molecule has 0 aliphatic carbocycles. The van der Waals surface area contributed by atoms with Gasteiger partial charge in [-0.15, -0.1) is 0 Å². The first-order valence-corrected chi connectivity index (χ1v) is 11.7. The molecule has 1 aromatic heterocycles. The van der Waals surface area contributed by atoms with Gasteiger partial charge in [0.25, 0.3) is 0 Å². The molecule has 9 heteroatoms. The van der Waals surface area contributed by atoms with Crippen molar-refractivity contribution in [2.75, 3.05) is 19.3 Å². The Hall–Kier alpha value is -1.97. The van der Waals surface area contributed by atoms with Crippen molar-refractivity contribution in [2.45, 2.75) is 36.5 Å². The smallest absolute Gasteiger partial charge is 0.238 e. The highest BCUT2D eigenvalue weighted by Gasteiger charge is 2.16. The van der Waals surface area contributed by atoms with E-state index in [9.17, 15) is 8.42 Å². The van der Waals surface area contributed by atoms with Gasteiger partial charge in [-0.2, -0.15) is 11.8 Å². The normalized spacial score (nSPS) is 12.8. The average molecular weight is 425 g/mol. The van der Waals surface area contributed by atoms with Crippen LogP contribution < -0.4 is 15.8 Å². The van der Waals surface area contributed by atoms with Crippen LogP contribution in [0.2, 0.25) is 0 Å². The number of thioether (sulfide) groups is 1. The maximum atomic E-state index is 11.4. The Balaban J connectivity index is 2.01. The molecule has 1 heterocycles. The number of guanidine groups is 1. The molecule has 4 N–H and O–H groups in total. The van der Waals surface area contributed by atoms with E-state index in [1.807, 2.05) is 12.1 Å². The fourth-order valence-electron chi connectivity index (χ4n) is 2.26. The van der Waals surface area contributed by atoms with Crippen molar-refractivity contribution in [3.63, 3.8) is 0 Å². The highest BCUT2D eigenvalue weighted by Crippen LogP contribution is 2.19. The number of hydrogen-bond donors (Lipinski definition) is 3. The molecule has 7 nitrogen and oxygen atoms in total. The van der Waals surface area contributed by atoms with Crippen LogP contribution in [0.5, 0.6) is 0 Å². The standard InChI is InChI=1S/C19H28N4O3S2/c1-19(2,27-3)14-23-18(21-11-10-16-5-4-12-26-16)22-13-15-6-8-17(9-7-15)28(20,24)25/h4-9,12H,10-11,13-14H2,1-3H3,(H2,20,24,25)(H2,21,22,23). The van der Waals surface area contributed by atoms with E-state index in [1.165, 1.54) is 12.1 Å². The number of nitrogens with one attached hydrogen (secondary N) is 2. The molecule has 154 valence electrons. The van der Waals surface area contributed by atoms with Crippen molar-refractivity contribution in [1.82, 2.24) is 10.6 Å². The van der Waals surface area contributed by atoms with Gasteiger partial charge in [0.1, 0.15) is 5.76 Å². The van der Waals surface area contributed by atoms with Gasteiger partial charge in [-0.25, -0.2) is 18.5 Å². The summed E-state index contributed by atoms with van der Waals surface area (Å²) < 4.78 is 28.1. The lowest BCUT2D eigenvalue weighted by Crippen LogP contribution is -2.44. The number of rotatable bonds is 9. The summed E-state index contributed by atoms with van der Waals surface area (Å²) in [5.41, 5.74) is 0.892. The van der Waals surface area contributed by atoms with Gasteiger partial charge in [-0.3, -0.25) is 0 Å². The monoisotopic (exact) mass is 424 g/mol. The predicted molar refractivity (Wildman–Crippen MR) is 115 cm³/mol. The largest absolute Gasteiger partial charge is 0.469 e. The van der Waals surface area contributed by atoms with Gasteiger partial charge in [0.2, 0.25) is 10.0 Å². The van der Waals surface area contributed by atoms with Gasteiger partial charge in [0, 0.05) is 24.3 Å². The molecule has 2 aromatic rings. The Morgan fingerprint density at radius 1 is 1.21 bits per heavy atom. The van der Waals surface area contributed by atoms with E-state index in [1.54, 1.807) is 30.2 Å². The highest BCUT2D eigenvalue weighted by atomic mass is 32.2. The molecule has 0 amide bonds. The summed E-state index contributed by atoms with van der Waals surface area (Å²) in [6, 6.07) is 10.2. The van der Waals surface area contributed by atoms with Gasteiger partial charge >= 0.3 is 0 Å². The molecule has 0 aliphatic heterocycles. The summed E-state index contributed by atoms with van der Waals surface area (Å²) in [6.07, 6.45) is 4.49. The first-order valence-electron chi connectivity index (χ1n) is 8.91. The molecule has 0 saturated carbocycles. The molecule has 0 aliphatic rings. The quantitative estimate of drug-likeness (QED) is 0.421. The van der Waals surface area contributed by atoms with Crippen LogP contribution in [0, 0.1) is 0 Å². The molecule has 2 rings (SSSR count). The number of furan rings is 1. The molecule has 0 fully saturated rings. The number of nitrogens with zero attached hydrogens (tertiary/aromatic N) is 1. The van der Waals surface area contributed by atoms with E-state index in [4.69, 9.17) is 9.56 Å². The molecular formula is C19H28N4O3S2. The molecule has 0 unspecified atom stereocenters. The molecule has 1 aromatic carbocycles. The van der Waals surface area contributed by atoms with Crippen LogP contribution in [0.15, 0.2) is 57.0 Å². The molecule has 0 atom stereocenters. The van der Waals surface area contributed by atoms with E-state index >= 15 is 0 Å². The van der Waals surface area contributed by atoms with Crippen molar-refractivity contribution >= 4 is 27.7 Å². The van der Waals surface area contributed by atoms with E-state index in [2.05, 4.69) is 35.7 Å². The second kappa shape index (κ2) is 9.99. The van der Waals surface area contributed by atoms with Gasteiger partial charge in [0.05, 0.1) is 17.7 Å². The first kappa shape index (κ1) is 22.3. The predicted octanol–water partition coefficient (Wildman–Crippen LogP) is 2.35. The second-order valence-electron chi connectivity index (χ2n) is 6.93. The third kappa shape index (κ3) is 7.57. The Kier molecular flexibility index (Phi) is 7.97. The van der Waals surface area contributed by atoms with Crippen LogP contribution in [0.1, 0.15) is 25.2 Å². The zero-order valence-corrected chi connectivity index (χ0v) is 18.1. The molecule has 0 saturated heterocycles. The Bertz CT molecular complexity index is 861. The summed E-state index contributed by atoms with van der Waals surface area (Å²) in [5.74, 6) is 1.61. The third-order valence-corrected chi connectivity index (χ3v) is 6.33. The minimum atomic E-state index is -3.68. The minimum absolute atomic E-state index is 0.0700. The van der Waals surface area contributed by atoms with Crippen LogP contribution in [0.4, 0.5) is 0 Å². The van der Waals surface area contributed by atoms with Crippen LogP contribution in [-0.2, 0) is 23.0 Å². The minimum Gasteiger partial charge on any atom is -0.469 e. The van der Waals surface area contributed by atoms with Crippen molar-refractivity contribution in [3.05, 3.63) is 54.0 Å². The molecule has 0 spiro atoms. The van der Waals surface area contributed by atoms with Crippen molar-refractivity contribution in [3.8, 4) is 0 Å². The number of primary sulfonamides is 1. The number of benzene rings is 1. The van der Waals surface area contributed by atoms with E-state index in [0.29, 0.717) is 19.0 Å². The number of nitrogens with two attached hydrogens (primary N) is 1. The Morgan fingerprint density at radius 3 is 2.50 bits per heavy atom. The lowest BCUT2D eigenvalue weighted by Gasteiger charge is -2.24. The van der Waals surface area contributed by atoms with Gasteiger partial charge in [-0.05, 0) is 49.9 Å². The number of hydrogen-bond acceptors (Lipinski definition) is 5. The van der Waals surface area contributed by atoms with Gasteiger partial charge in [0.15, 0.2) is 5.96 Å².